The third-order valence-electron chi connectivity index (χ3n) is 4.25. The lowest BCUT2D eigenvalue weighted by atomic mass is 10.0. The van der Waals surface area contributed by atoms with Gasteiger partial charge in [-0.15, -0.1) is 24.0 Å². The van der Waals surface area contributed by atoms with Gasteiger partial charge in [0.1, 0.15) is 22.9 Å². The smallest absolute Gasteiger partial charge is 0.191 e. The molecule has 0 bridgehead atoms. The van der Waals surface area contributed by atoms with E-state index < -0.39 is 5.60 Å². The summed E-state index contributed by atoms with van der Waals surface area (Å²) in [4.78, 5) is 4.51. The number of guanidine groups is 1. The second-order valence-corrected chi connectivity index (χ2v) is 6.76. The molecule has 2 aromatic rings. The summed E-state index contributed by atoms with van der Waals surface area (Å²) >= 11 is 0. The maximum Gasteiger partial charge on any atom is 0.191 e. The number of rotatable bonds is 9. The van der Waals surface area contributed by atoms with Crippen molar-refractivity contribution in [1.82, 2.24) is 10.6 Å². The van der Waals surface area contributed by atoms with Crippen LogP contribution in [-0.2, 0) is 12.0 Å². The molecule has 0 saturated heterocycles. The first-order valence-electron chi connectivity index (χ1n) is 9.39. The Labute approximate surface area is 184 Å². The quantitative estimate of drug-likeness (QED) is 0.212. The topological polar surface area (TPSA) is 79.0 Å². The predicted molar refractivity (Wildman–Crippen MR) is 124 cm³/mol. The van der Waals surface area contributed by atoms with Crippen LogP contribution in [0.15, 0.2) is 45.8 Å². The van der Waals surface area contributed by atoms with Gasteiger partial charge in [0.25, 0.3) is 0 Å². The van der Waals surface area contributed by atoms with Gasteiger partial charge in [-0.2, -0.15) is 0 Å². The molecule has 0 amide bonds. The van der Waals surface area contributed by atoms with Crippen molar-refractivity contribution >= 4 is 29.9 Å². The van der Waals surface area contributed by atoms with E-state index in [9.17, 15) is 5.11 Å². The van der Waals surface area contributed by atoms with Gasteiger partial charge in [0.15, 0.2) is 5.96 Å². The van der Waals surface area contributed by atoms with Gasteiger partial charge in [0.05, 0.1) is 13.7 Å². The molecular formula is C21H32IN3O3. The van der Waals surface area contributed by atoms with Crippen molar-refractivity contribution < 1.29 is 14.3 Å². The number of aryl methyl sites for hydroxylation is 2. The minimum Gasteiger partial charge on any atom is -0.497 e. The van der Waals surface area contributed by atoms with E-state index in [4.69, 9.17) is 9.15 Å². The highest BCUT2D eigenvalue weighted by atomic mass is 127. The average Bonchev–Trinajstić information content (AvgIpc) is 3.11. The van der Waals surface area contributed by atoms with Crippen LogP contribution in [0.5, 0.6) is 5.75 Å². The maximum absolute atomic E-state index is 10.6. The molecule has 0 aliphatic heterocycles. The van der Waals surface area contributed by atoms with Crippen molar-refractivity contribution in [3.05, 3.63) is 53.5 Å². The minimum absolute atomic E-state index is 0. The van der Waals surface area contributed by atoms with Gasteiger partial charge in [-0.25, -0.2) is 4.99 Å². The molecule has 0 aliphatic rings. The number of halogens is 1. The Kier molecular flexibility index (Phi) is 10.4. The Balaban J connectivity index is 0.00000392. The molecule has 3 N–H and O–H groups in total. The van der Waals surface area contributed by atoms with Crippen LogP contribution in [0.2, 0.25) is 0 Å². The summed E-state index contributed by atoms with van der Waals surface area (Å²) in [6, 6.07) is 11.8. The van der Waals surface area contributed by atoms with Gasteiger partial charge in [-0.1, -0.05) is 12.1 Å². The molecule has 6 nitrogen and oxygen atoms in total. The largest absolute Gasteiger partial charge is 0.497 e. The molecule has 1 unspecified atom stereocenters. The van der Waals surface area contributed by atoms with Crippen molar-refractivity contribution in [3.8, 4) is 5.75 Å². The summed E-state index contributed by atoms with van der Waals surface area (Å²) in [7, 11) is 1.67. The van der Waals surface area contributed by atoms with E-state index in [1.54, 1.807) is 20.1 Å². The Morgan fingerprint density at radius 2 is 1.89 bits per heavy atom. The number of benzene rings is 1. The molecule has 0 fully saturated rings. The van der Waals surface area contributed by atoms with E-state index in [-0.39, 0.29) is 30.5 Å². The normalized spacial score (nSPS) is 13.4. The number of nitrogens with zero attached hydrogens (tertiary/aromatic N) is 1. The summed E-state index contributed by atoms with van der Waals surface area (Å²) in [5, 5.41) is 17.1. The summed E-state index contributed by atoms with van der Waals surface area (Å²) in [6.07, 6.45) is 1.95. The van der Waals surface area contributed by atoms with Crippen molar-refractivity contribution in [3.63, 3.8) is 0 Å². The first-order valence-corrected chi connectivity index (χ1v) is 9.39. The van der Waals surface area contributed by atoms with E-state index in [1.807, 2.05) is 32.0 Å². The van der Waals surface area contributed by atoms with Crippen LogP contribution in [0.4, 0.5) is 0 Å². The summed E-state index contributed by atoms with van der Waals surface area (Å²) < 4.78 is 10.7. The number of methoxy groups -OCH3 is 1. The lowest BCUT2D eigenvalue weighted by molar-refractivity contribution is 0.0428. The maximum atomic E-state index is 10.6. The molecule has 1 atom stereocenters. The van der Waals surface area contributed by atoms with Crippen LogP contribution >= 0.6 is 24.0 Å². The van der Waals surface area contributed by atoms with Crippen molar-refractivity contribution in [2.45, 2.75) is 39.2 Å². The van der Waals surface area contributed by atoms with Gasteiger partial charge >= 0.3 is 0 Å². The third kappa shape index (κ3) is 7.71. The average molecular weight is 501 g/mol. The molecule has 1 aromatic carbocycles. The van der Waals surface area contributed by atoms with Crippen molar-refractivity contribution in [2.24, 2.45) is 4.99 Å². The molecule has 156 valence electrons. The number of ether oxygens (including phenoxy) is 1. The third-order valence-corrected chi connectivity index (χ3v) is 4.25. The first-order chi connectivity index (χ1) is 12.9. The number of hydrogen-bond donors (Lipinski definition) is 3. The van der Waals surface area contributed by atoms with Crippen LogP contribution < -0.4 is 15.4 Å². The van der Waals surface area contributed by atoms with E-state index in [2.05, 4.69) is 27.8 Å². The van der Waals surface area contributed by atoms with Crippen LogP contribution in [0.1, 0.15) is 37.4 Å². The molecule has 28 heavy (non-hydrogen) atoms. The predicted octanol–water partition coefficient (Wildman–Crippen LogP) is 3.61. The monoisotopic (exact) mass is 501 g/mol. The fraction of sp³-hybridized carbons (Fsp3) is 0.476. The highest BCUT2D eigenvalue weighted by Crippen LogP contribution is 2.23. The highest BCUT2D eigenvalue weighted by molar-refractivity contribution is 14.0. The minimum atomic E-state index is -1.14. The molecule has 1 aromatic heterocycles. The number of hydrogen-bond acceptors (Lipinski definition) is 4. The summed E-state index contributed by atoms with van der Waals surface area (Å²) in [5.74, 6) is 2.87. The van der Waals surface area contributed by atoms with E-state index in [0.717, 1.165) is 37.4 Å². The van der Waals surface area contributed by atoms with Gasteiger partial charge < -0.3 is 24.9 Å². The van der Waals surface area contributed by atoms with Gasteiger partial charge in [0.2, 0.25) is 0 Å². The fourth-order valence-corrected chi connectivity index (χ4v) is 2.67. The first kappa shape index (κ1) is 24.3. The SMILES string of the molecule is CCNC(=NCC(C)(O)c1ccc(C)o1)NCCCc1ccc(OC)cc1.I. The molecule has 1 heterocycles. The van der Waals surface area contributed by atoms with E-state index in [0.29, 0.717) is 11.7 Å². The number of nitrogens with one attached hydrogen (secondary N) is 2. The lowest BCUT2D eigenvalue weighted by Gasteiger charge is -2.19. The fourth-order valence-electron chi connectivity index (χ4n) is 2.67. The second-order valence-electron chi connectivity index (χ2n) is 6.76. The van der Waals surface area contributed by atoms with Crippen molar-refractivity contribution in [2.75, 3.05) is 26.7 Å². The number of aliphatic imine (C=N–C) groups is 1. The second kappa shape index (κ2) is 12.0. The molecule has 0 radical (unpaired) electrons. The van der Waals surface area contributed by atoms with E-state index in [1.165, 1.54) is 5.56 Å². The standard InChI is InChI=1S/C21H31N3O3.HI/c1-5-22-20(24-15-21(3,25)19-13-8-16(2)27-19)23-14-6-7-17-9-11-18(26-4)12-10-17;/h8-13,25H,5-7,14-15H2,1-4H3,(H2,22,23,24);1H. The molecular weight excluding hydrogens is 469 g/mol. The van der Waals surface area contributed by atoms with Crippen LogP contribution in [0.3, 0.4) is 0 Å². The Bertz CT molecular complexity index is 727. The Morgan fingerprint density at radius 1 is 1.18 bits per heavy atom. The summed E-state index contributed by atoms with van der Waals surface area (Å²) in [5.41, 5.74) is 0.135. The van der Waals surface area contributed by atoms with Gasteiger partial charge in [0, 0.05) is 13.1 Å². The molecule has 0 aliphatic carbocycles. The zero-order valence-electron chi connectivity index (χ0n) is 17.1. The van der Waals surface area contributed by atoms with Crippen LogP contribution in [0, 0.1) is 6.92 Å². The highest BCUT2D eigenvalue weighted by Gasteiger charge is 2.26. The van der Waals surface area contributed by atoms with Gasteiger partial charge in [-0.05, 0) is 63.4 Å². The molecule has 0 saturated carbocycles. The molecule has 0 spiro atoms. The Hall–Kier alpha value is -1.74. The zero-order chi connectivity index (χ0) is 19.7. The number of aliphatic hydroxyl groups is 1. The Morgan fingerprint density at radius 3 is 2.46 bits per heavy atom. The molecule has 7 heteroatoms. The summed E-state index contributed by atoms with van der Waals surface area (Å²) in [6.45, 7) is 7.35. The number of furan rings is 1. The van der Waals surface area contributed by atoms with E-state index >= 15 is 0 Å². The zero-order valence-corrected chi connectivity index (χ0v) is 19.4. The van der Waals surface area contributed by atoms with Crippen molar-refractivity contribution in [1.29, 1.82) is 0 Å². The van der Waals surface area contributed by atoms with Gasteiger partial charge in [-0.3, -0.25) is 0 Å². The van der Waals surface area contributed by atoms with Crippen LogP contribution in [-0.4, -0.2) is 37.8 Å². The lowest BCUT2D eigenvalue weighted by Crippen LogP contribution is -2.39. The molecule has 2 rings (SSSR count). The van der Waals surface area contributed by atoms with Crippen LogP contribution in [0.25, 0.3) is 0 Å².